The number of aromatic amines is 1. The first kappa shape index (κ1) is 16.8. The van der Waals surface area contributed by atoms with Gasteiger partial charge in [0.05, 0.1) is 24.1 Å². The monoisotopic (exact) mass is 329 g/mol. The molecular formula is C14H14F3N3O3. The second-order valence-electron chi connectivity index (χ2n) is 4.68. The van der Waals surface area contributed by atoms with Gasteiger partial charge in [-0.2, -0.15) is 18.3 Å². The van der Waals surface area contributed by atoms with E-state index < -0.39 is 23.6 Å². The summed E-state index contributed by atoms with van der Waals surface area (Å²) in [4.78, 5) is 22.9. The minimum absolute atomic E-state index is 0.0831. The van der Waals surface area contributed by atoms with Crippen molar-refractivity contribution in [1.82, 2.24) is 10.2 Å². The lowest BCUT2D eigenvalue weighted by Gasteiger charge is -2.06. The first-order chi connectivity index (χ1) is 10.8. The fourth-order valence-corrected chi connectivity index (χ4v) is 1.93. The van der Waals surface area contributed by atoms with Crippen LogP contribution in [0.25, 0.3) is 10.9 Å². The maximum atomic E-state index is 12.6. The summed E-state index contributed by atoms with van der Waals surface area (Å²) in [7, 11) is 0. The van der Waals surface area contributed by atoms with Crippen molar-refractivity contribution in [2.45, 2.75) is 25.9 Å². The third kappa shape index (κ3) is 4.21. The van der Waals surface area contributed by atoms with Crippen LogP contribution in [0.15, 0.2) is 18.2 Å². The van der Waals surface area contributed by atoms with Crippen LogP contribution in [0.1, 0.15) is 25.3 Å². The molecule has 0 fully saturated rings. The molecule has 2 rings (SSSR count). The number of ether oxygens (including phenoxy) is 1. The molecule has 0 spiro atoms. The second-order valence-corrected chi connectivity index (χ2v) is 4.68. The van der Waals surface area contributed by atoms with Crippen molar-refractivity contribution in [2.24, 2.45) is 0 Å². The highest BCUT2D eigenvalue weighted by molar-refractivity contribution is 6.00. The normalized spacial score (nSPS) is 11.5. The van der Waals surface area contributed by atoms with E-state index >= 15 is 0 Å². The maximum Gasteiger partial charge on any atom is 0.416 e. The zero-order valence-electron chi connectivity index (χ0n) is 12.2. The van der Waals surface area contributed by atoms with Gasteiger partial charge in [-0.1, -0.05) is 0 Å². The second kappa shape index (κ2) is 6.67. The molecule has 2 N–H and O–H groups in total. The summed E-state index contributed by atoms with van der Waals surface area (Å²) >= 11 is 0. The predicted molar refractivity (Wildman–Crippen MR) is 75.6 cm³/mol. The van der Waals surface area contributed by atoms with Gasteiger partial charge in [0.25, 0.3) is 0 Å². The Balaban J connectivity index is 2.06. The van der Waals surface area contributed by atoms with Gasteiger partial charge in [-0.25, -0.2) is 0 Å². The number of nitrogens with one attached hydrogen (secondary N) is 2. The molecule has 0 bridgehead atoms. The van der Waals surface area contributed by atoms with Crippen LogP contribution in [0.5, 0.6) is 0 Å². The number of hydrogen-bond acceptors (Lipinski definition) is 4. The molecule has 0 aliphatic rings. The molecule has 1 amide bonds. The Morgan fingerprint density at radius 1 is 1.30 bits per heavy atom. The highest BCUT2D eigenvalue weighted by Gasteiger charge is 2.30. The van der Waals surface area contributed by atoms with Crippen LogP contribution < -0.4 is 5.32 Å². The standard InChI is InChI=1S/C14H14F3N3O3/c1-2-23-12(22)6-5-11(21)18-13-9-4-3-8(14(15,16)17)7-10(9)19-20-13/h3-4,7H,2,5-6H2,1H3,(H2,18,19,20,21). The lowest BCUT2D eigenvalue weighted by atomic mass is 10.1. The van der Waals surface area contributed by atoms with Gasteiger partial charge in [0, 0.05) is 11.8 Å². The number of carbonyl (C=O) groups excluding carboxylic acids is 2. The van der Waals surface area contributed by atoms with Gasteiger partial charge in [-0.3, -0.25) is 14.7 Å². The van der Waals surface area contributed by atoms with Gasteiger partial charge in [0.1, 0.15) is 0 Å². The Morgan fingerprint density at radius 3 is 2.70 bits per heavy atom. The SMILES string of the molecule is CCOC(=O)CCC(=O)Nc1n[nH]c2cc(C(F)(F)F)ccc12. The minimum Gasteiger partial charge on any atom is -0.466 e. The first-order valence-corrected chi connectivity index (χ1v) is 6.82. The summed E-state index contributed by atoms with van der Waals surface area (Å²) < 4.78 is 42.6. The Bertz CT molecular complexity index is 725. The molecule has 1 aromatic heterocycles. The molecule has 6 nitrogen and oxygen atoms in total. The number of carbonyl (C=O) groups is 2. The summed E-state index contributed by atoms with van der Waals surface area (Å²) in [5, 5.41) is 9.02. The largest absolute Gasteiger partial charge is 0.466 e. The molecule has 0 atom stereocenters. The molecule has 1 aromatic carbocycles. The molecule has 0 saturated carbocycles. The van der Waals surface area contributed by atoms with Crippen molar-refractivity contribution in [3.05, 3.63) is 23.8 Å². The van der Waals surface area contributed by atoms with E-state index in [1.165, 1.54) is 6.07 Å². The van der Waals surface area contributed by atoms with E-state index in [0.717, 1.165) is 12.1 Å². The zero-order chi connectivity index (χ0) is 17.0. The van der Waals surface area contributed by atoms with E-state index in [2.05, 4.69) is 15.5 Å². The number of alkyl halides is 3. The van der Waals surface area contributed by atoms with Gasteiger partial charge in [-0.05, 0) is 25.1 Å². The number of anilines is 1. The molecule has 9 heteroatoms. The molecule has 0 aliphatic heterocycles. The summed E-state index contributed by atoms with van der Waals surface area (Å²) in [6.07, 6.45) is -4.64. The quantitative estimate of drug-likeness (QED) is 0.826. The number of halogens is 3. The molecule has 124 valence electrons. The zero-order valence-corrected chi connectivity index (χ0v) is 12.2. The van der Waals surface area contributed by atoms with Crippen LogP contribution in [-0.2, 0) is 20.5 Å². The topological polar surface area (TPSA) is 84.1 Å². The number of aromatic nitrogens is 2. The number of esters is 1. The third-order valence-electron chi connectivity index (χ3n) is 3.01. The molecule has 0 radical (unpaired) electrons. The summed E-state index contributed by atoms with van der Waals surface area (Å²) in [6.45, 7) is 1.88. The van der Waals surface area contributed by atoms with Crippen LogP contribution in [-0.4, -0.2) is 28.7 Å². The van der Waals surface area contributed by atoms with Crippen molar-refractivity contribution in [3.63, 3.8) is 0 Å². The smallest absolute Gasteiger partial charge is 0.416 e. The van der Waals surface area contributed by atoms with E-state index in [1.54, 1.807) is 6.92 Å². The lowest BCUT2D eigenvalue weighted by Crippen LogP contribution is -2.15. The molecule has 23 heavy (non-hydrogen) atoms. The summed E-state index contributed by atoms with van der Waals surface area (Å²) in [6, 6.07) is 3.05. The Labute approximate surface area is 129 Å². The van der Waals surface area contributed by atoms with E-state index in [0.29, 0.717) is 5.39 Å². The van der Waals surface area contributed by atoms with Crippen molar-refractivity contribution < 1.29 is 27.5 Å². The number of H-pyrrole nitrogens is 1. The van der Waals surface area contributed by atoms with Gasteiger partial charge >= 0.3 is 12.1 Å². The van der Waals surface area contributed by atoms with Crippen LogP contribution in [0.3, 0.4) is 0 Å². The van der Waals surface area contributed by atoms with Crippen LogP contribution in [0, 0.1) is 0 Å². The third-order valence-corrected chi connectivity index (χ3v) is 3.01. The Hall–Kier alpha value is -2.58. The molecular weight excluding hydrogens is 315 g/mol. The van der Waals surface area contributed by atoms with Gasteiger partial charge in [0.15, 0.2) is 5.82 Å². The van der Waals surface area contributed by atoms with Crippen molar-refractivity contribution in [1.29, 1.82) is 0 Å². The molecule has 0 unspecified atom stereocenters. The Kier molecular flexibility index (Phi) is 4.87. The van der Waals surface area contributed by atoms with E-state index in [-0.39, 0.29) is 30.8 Å². The van der Waals surface area contributed by atoms with Crippen LogP contribution in [0.2, 0.25) is 0 Å². The van der Waals surface area contributed by atoms with Gasteiger partial charge < -0.3 is 10.1 Å². The van der Waals surface area contributed by atoms with Crippen molar-refractivity contribution >= 4 is 28.6 Å². The van der Waals surface area contributed by atoms with E-state index in [1.807, 2.05) is 0 Å². The average molecular weight is 329 g/mol. The van der Waals surface area contributed by atoms with Crippen molar-refractivity contribution in [3.8, 4) is 0 Å². The minimum atomic E-state index is -4.46. The number of benzene rings is 1. The molecule has 1 heterocycles. The first-order valence-electron chi connectivity index (χ1n) is 6.82. The highest BCUT2D eigenvalue weighted by atomic mass is 19.4. The molecule has 0 aliphatic carbocycles. The van der Waals surface area contributed by atoms with Gasteiger partial charge in [-0.15, -0.1) is 0 Å². The highest BCUT2D eigenvalue weighted by Crippen LogP contribution is 2.32. The lowest BCUT2D eigenvalue weighted by molar-refractivity contribution is -0.144. The number of nitrogens with zero attached hydrogens (tertiary/aromatic N) is 1. The van der Waals surface area contributed by atoms with E-state index in [9.17, 15) is 22.8 Å². The van der Waals surface area contributed by atoms with Crippen molar-refractivity contribution in [2.75, 3.05) is 11.9 Å². The van der Waals surface area contributed by atoms with Crippen LogP contribution >= 0.6 is 0 Å². The molecule has 0 saturated heterocycles. The maximum absolute atomic E-state index is 12.6. The number of amides is 1. The fourth-order valence-electron chi connectivity index (χ4n) is 1.93. The number of fused-ring (bicyclic) bond motifs is 1. The summed E-state index contributed by atoms with van der Waals surface area (Å²) in [5.41, 5.74) is -0.658. The summed E-state index contributed by atoms with van der Waals surface area (Å²) in [5.74, 6) is -0.863. The average Bonchev–Trinajstić information content (AvgIpc) is 2.87. The predicted octanol–water partition coefficient (Wildman–Crippen LogP) is 2.86. The number of rotatable bonds is 5. The number of hydrogen-bond donors (Lipinski definition) is 2. The van der Waals surface area contributed by atoms with Crippen LogP contribution in [0.4, 0.5) is 19.0 Å². The van der Waals surface area contributed by atoms with Gasteiger partial charge in [0.2, 0.25) is 5.91 Å². The van der Waals surface area contributed by atoms with E-state index in [4.69, 9.17) is 4.74 Å². The molecule has 2 aromatic rings. The fraction of sp³-hybridized carbons (Fsp3) is 0.357. The Morgan fingerprint density at radius 2 is 2.04 bits per heavy atom.